The smallest absolute Gasteiger partial charge is 0.780 e. The summed E-state index contributed by atoms with van der Waals surface area (Å²) >= 11 is 0. The van der Waals surface area contributed by atoms with Crippen molar-refractivity contribution in [2.24, 2.45) is 23.5 Å². The van der Waals surface area contributed by atoms with Crippen LogP contribution in [0.25, 0.3) is 0 Å². The van der Waals surface area contributed by atoms with E-state index in [-0.39, 0.29) is 76.0 Å². The summed E-state index contributed by atoms with van der Waals surface area (Å²) in [5, 5.41) is 102. The van der Waals surface area contributed by atoms with Gasteiger partial charge in [0.1, 0.15) is 56.0 Å². The summed E-state index contributed by atoms with van der Waals surface area (Å²) in [6.07, 6.45) is -9.77. The molecule has 15 N–H and O–H groups in total. The number of aliphatic hydroxyl groups excluding tert-OH is 7. The molecule has 16 atom stereocenters. The molecular weight excluding hydrogens is 1120 g/mol. The number of nitrogens with two attached hydrogens (primary N) is 1. The molecule has 452 valence electrons. The zero-order valence-corrected chi connectivity index (χ0v) is 52.6. The van der Waals surface area contributed by atoms with Gasteiger partial charge in [0.05, 0.1) is 30.8 Å². The first kappa shape index (κ1) is 74.7. The zero-order valence-electron chi connectivity index (χ0n) is 47.7. The predicted octanol–water partition coefficient (Wildman–Crippen LogP) is -10.8. The zero-order chi connectivity index (χ0) is 60.0. The number of primary amides is 1. The number of amides is 8. The molecule has 0 radical (unpaired) electrons. The average Bonchev–Trinajstić information content (AvgIpc) is 3.88. The largest absolute Gasteiger partial charge is 1.00 e. The summed E-state index contributed by atoms with van der Waals surface area (Å²) in [6, 6.07) is -5.98. The monoisotopic (exact) mass is 1200 g/mol. The minimum Gasteiger partial charge on any atom is -0.780 e. The summed E-state index contributed by atoms with van der Waals surface area (Å²) in [6.45, 7) is 7.63. The van der Waals surface area contributed by atoms with Gasteiger partial charge in [-0.2, -0.15) is 0 Å². The van der Waals surface area contributed by atoms with Crippen LogP contribution < -0.4 is 106 Å². The molecule has 3 aliphatic heterocycles. The maximum atomic E-state index is 14.6. The van der Waals surface area contributed by atoms with Gasteiger partial charge in [0.2, 0.25) is 41.2 Å². The Balaban J connectivity index is 0.0000115. The van der Waals surface area contributed by atoms with Gasteiger partial charge in [-0.25, -0.2) is 0 Å². The number of phosphoric ester groups is 1. The molecule has 1 aromatic rings. The fraction of sp³-hybridized carbons (Fsp3) is 0.725. The molecule has 3 saturated heterocycles. The molecule has 2 unspecified atom stereocenters. The quantitative estimate of drug-likeness (QED) is 0.0291. The molecule has 0 bridgehead atoms. The van der Waals surface area contributed by atoms with Crippen LogP contribution in [0.1, 0.15) is 124 Å². The van der Waals surface area contributed by atoms with Gasteiger partial charge < -0.3 is 102 Å². The number of hydrogen-bond acceptors (Lipinski definition) is 20. The van der Waals surface area contributed by atoms with Gasteiger partial charge in [0.15, 0.2) is 6.23 Å². The van der Waals surface area contributed by atoms with Crippen LogP contribution >= 0.6 is 7.82 Å². The van der Waals surface area contributed by atoms with Gasteiger partial charge >= 0.3 is 59.1 Å². The van der Waals surface area contributed by atoms with Crippen LogP contribution in [0, 0.1) is 17.8 Å². The molecular formula is C51H81N8Na2O20P. The van der Waals surface area contributed by atoms with Crippen molar-refractivity contribution in [3.05, 3.63) is 29.8 Å². The number of fused-ring (bicyclic) bond motifs is 2. The van der Waals surface area contributed by atoms with Crippen molar-refractivity contribution in [2.45, 2.75) is 203 Å². The van der Waals surface area contributed by atoms with E-state index >= 15 is 0 Å². The third-order valence-corrected chi connectivity index (χ3v) is 15.3. The van der Waals surface area contributed by atoms with Crippen molar-refractivity contribution in [3.63, 3.8) is 0 Å². The Hall–Kier alpha value is -3.39. The molecule has 3 heterocycles. The number of unbranched alkanes of at least 4 members (excludes halogenated alkanes) is 5. The number of nitrogens with one attached hydrogen (secondary N) is 5. The van der Waals surface area contributed by atoms with E-state index in [9.17, 15) is 93.6 Å². The molecule has 1 aromatic carbocycles. The Morgan fingerprint density at radius 1 is 0.793 bits per heavy atom. The van der Waals surface area contributed by atoms with Crippen LogP contribution in [-0.2, 0) is 49.3 Å². The molecule has 4 rings (SSSR count). The number of carbonyl (C=O) groups excluding carboxylic acids is 8. The van der Waals surface area contributed by atoms with Crippen molar-refractivity contribution in [1.29, 1.82) is 0 Å². The van der Waals surface area contributed by atoms with E-state index in [0.717, 1.165) is 81.0 Å². The first-order valence-corrected chi connectivity index (χ1v) is 28.5. The topological polar surface area (TPSA) is 463 Å². The van der Waals surface area contributed by atoms with Gasteiger partial charge in [-0.15, -0.1) is 0 Å². The maximum absolute atomic E-state index is 14.6. The fourth-order valence-electron chi connectivity index (χ4n) is 10.2. The van der Waals surface area contributed by atoms with Crippen molar-refractivity contribution in [3.8, 4) is 5.75 Å². The van der Waals surface area contributed by atoms with Crippen molar-refractivity contribution >= 4 is 55.1 Å². The van der Waals surface area contributed by atoms with Crippen LogP contribution in [0.5, 0.6) is 5.75 Å². The molecule has 28 nitrogen and oxygen atoms in total. The molecule has 3 aliphatic rings. The summed E-state index contributed by atoms with van der Waals surface area (Å²) in [4.78, 5) is 135. The van der Waals surface area contributed by atoms with Gasteiger partial charge in [-0.1, -0.05) is 84.8 Å². The molecule has 8 amide bonds. The second-order valence-electron chi connectivity index (χ2n) is 21.7. The van der Waals surface area contributed by atoms with Crippen molar-refractivity contribution in [2.75, 3.05) is 13.1 Å². The van der Waals surface area contributed by atoms with E-state index < -0.39 is 184 Å². The summed E-state index contributed by atoms with van der Waals surface area (Å²) in [5.41, 5.74) is 2.00. The van der Waals surface area contributed by atoms with E-state index in [4.69, 9.17) is 5.73 Å². The van der Waals surface area contributed by atoms with Crippen LogP contribution in [0.15, 0.2) is 24.3 Å². The maximum Gasteiger partial charge on any atom is 1.00 e. The Bertz CT molecular complexity index is 2360. The average molecular weight is 1200 g/mol. The van der Waals surface area contributed by atoms with Crippen LogP contribution in [0.4, 0.5) is 0 Å². The molecule has 0 spiro atoms. The normalized spacial score (nSPS) is 28.9. The Morgan fingerprint density at radius 3 is 1.96 bits per heavy atom. The van der Waals surface area contributed by atoms with Crippen LogP contribution in [0.2, 0.25) is 0 Å². The first-order valence-electron chi connectivity index (χ1n) is 27.1. The predicted molar refractivity (Wildman–Crippen MR) is 277 cm³/mol. The summed E-state index contributed by atoms with van der Waals surface area (Å²) in [5.74, 6) is -11.0. The molecule has 0 aliphatic carbocycles. The number of benzene rings is 1. The van der Waals surface area contributed by atoms with E-state index in [0.29, 0.717) is 24.7 Å². The number of hydrogen-bond donors (Lipinski definition) is 14. The molecule has 82 heavy (non-hydrogen) atoms. The van der Waals surface area contributed by atoms with Crippen LogP contribution in [0.3, 0.4) is 0 Å². The fourth-order valence-corrected chi connectivity index (χ4v) is 10.6. The number of phosphoric acid groups is 1. The van der Waals surface area contributed by atoms with E-state index in [1.54, 1.807) is 0 Å². The molecule has 3 fully saturated rings. The second kappa shape index (κ2) is 34.1. The minimum atomic E-state index is -5.52. The molecule has 0 saturated carbocycles. The standard InChI is InChI=1S/C51H83N8O20P.2Na/c1-6-26(2)19-27(3)13-11-9-7-8-10-12-14-39(66)53-33-22-37(64)46(70)57-50(74)51(75)43(67)28(4)24-59(51)49(73)42(36(63)23-38(52)65)56-47(71)41(35(62)20-30-15-17-32(18-16-30)79-80(76,77)78)55-45(69)34-21-31(61)25-58(34)48(72)40(29(5)60)54-44(33)68;;/h15-18,26-29,31,33-37,40-43,46,60-64,67,70,75H,6-14,19-25H2,1-5H3,(H2,52,65)(H,53,66)(H,54,68)(H,55,69)(H,56,71)(H,57,74)(H2,76,77,78);;/q;2*+1/p-2/t26?,27?,28-,29+,31+,33+,34-,35+,36+,37+,40-,41-,42-,43-,46+,51+;;/m0../s1. The summed E-state index contributed by atoms with van der Waals surface area (Å²) < 4.78 is 15.5. The first-order chi connectivity index (χ1) is 37.4. The van der Waals surface area contributed by atoms with Crippen molar-refractivity contribution < 1.29 is 157 Å². The SMILES string of the molecule is CCC(C)CC(C)CCCCCCCCC(=O)N[C@@H]1C[C@@H](O)[C@@H](O)NC(=O)[C@]2(O)[C@@H](O)[C@@H](C)CN2C(=O)[C@H]([C@H](O)CC(N)=O)NC(=O)[C@H]([C@H](O)Cc2ccc(OP(=O)([O-])[O-])cc2)NC(=O)[C@@H]2C[C@@H](O)CN2C(=O)[C@H]([C@@H](C)O)NC1=O.[Na+].[Na+]. The third kappa shape index (κ3) is 21.5. The molecule has 0 aromatic heterocycles. The molecule has 31 heteroatoms. The minimum absolute atomic E-state index is 0. The third-order valence-electron chi connectivity index (χ3n) is 14.9. The van der Waals surface area contributed by atoms with Gasteiger partial charge in [-0.05, 0) is 49.3 Å². The van der Waals surface area contributed by atoms with Crippen LogP contribution in [-0.4, -0.2) is 190 Å². The number of carbonyl (C=O) groups is 8. The number of nitrogens with zero attached hydrogens (tertiary/aromatic N) is 2. The van der Waals surface area contributed by atoms with E-state index in [1.807, 2.05) is 5.32 Å². The second-order valence-corrected chi connectivity index (χ2v) is 22.8. The van der Waals surface area contributed by atoms with Crippen molar-refractivity contribution in [1.82, 2.24) is 36.4 Å². The van der Waals surface area contributed by atoms with E-state index in [2.05, 4.69) is 46.6 Å². The number of aliphatic hydroxyl groups is 8. The Labute approximate surface area is 520 Å². The van der Waals surface area contributed by atoms with Gasteiger partial charge in [0, 0.05) is 44.7 Å². The van der Waals surface area contributed by atoms with Gasteiger partial charge in [-0.3, -0.25) is 38.4 Å². The summed E-state index contributed by atoms with van der Waals surface area (Å²) in [7, 11) is -5.52. The van der Waals surface area contributed by atoms with E-state index in [1.165, 1.54) is 6.92 Å². The Kier molecular flexibility index (Phi) is 31.1. The number of rotatable bonds is 22. The Morgan fingerprint density at radius 2 is 1.38 bits per heavy atom. The van der Waals surface area contributed by atoms with Gasteiger partial charge in [0.25, 0.3) is 11.8 Å².